The predicted octanol–water partition coefficient (Wildman–Crippen LogP) is 1.74. The van der Waals surface area contributed by atoms with Crippen molar-refractivity contribution in [2.45, 2.75) is 25.7 Å². The number of nitrogens with zero attached hydrogens (tertiary/aromatic N) is 1. The second-order valence-electron chi connectivity index (χ2n) is 4.27. The lowest BCUT2D eigenvalue weighted by Gasteiger charge is -2.22. The molecule has 7 heteroatoms. The molecular weight excluding hydrogens is 287 g/mol. The molecule has 106 valence electrons. The van der Waals surface area contributed by atoms with Crippen LogP contribution in [0.4, 0.5) is 4.39 Å². The van der Waals surface area contributed by atoms with E-state index in [-0.39, 0.29) is 23.0 Å². The van der Waals surface area contributed by atoms with E-state index in [9.17, 15) is 12.8 Å². The minimum Gasteiger partial charge on any atom is -0.392 e. The molecule has 19 heavy (non-hydrogen) atoms. The molecule has 0 aliphatic rings. The molecule has 1 rings (SSSR count). The molecule has 0 aliphatic carbocycles. The summed E-state index contributed by atoms with van der Waals surface area (Å²) in [5, 5.41) is 0. The normalized spacial score (nSPS) is 11.8. The van der Waals surface area contributed by atoms with Gasteiger partial charge in [0, 0.05) is 6.54 Å². The van der Waals surface area contributed by atoms with E-state index in [1.165, 1.54) is 16.4 Å². The zero-order valence-corrected chi connectivity index (χ0v) is 12.7. The molecule has 0 fully saturated rings. The van der Waals surface area contributed by atoms with Gasteiger partial charge in [0.1, 0.15) is 5.82 Å². The number of sulfonamides is 1. The fraction of sp³-hybridized carbons (Fsp3) is 0.417. The van der Waals surface area contributed by atoms with Gasteiger partial charge in [-0.3, -0.25) is 0 Å². The highest BCUT2D eigenvalue weighted by molar-refractivity contribution is 7.89. The van der Waals surface area contributed by atoms with Crippen LogP contribution >= 0.6 is 12.2 Å². The third-order valence-electron chi connectivity index (χ3n) is 2.71. The number of thiocarbonyl (C=S) groups is 1. The van der Waals surface area contributed by atoms with E-state index in [2.05, 4.69) is 0 Å². The Morgan fingerprint density at radius 1 is 1.37 bits per heavy atom. The molecular formula is C12H17FN2O2S2. The van der Waals surface area contributed by atoms with Gasteiger partial charge in [-0.15, -0.1) is 0 Å². The van der Waals surface area contributed by atoms with Gasteiger partial charge in [0.05, 0.1) is 16.4 Å². The van der Waals surface area contributed by atoms with E-state index in [1.807, 2.05) is 0 Å². The maximum atomic E-state index is 13.2. The summed E-state index contributed by atoms with van der Waals surface area (Å²) in [7, 11) is -3.73. The Morgan fingerprint density at radius 2 is 1.84 bits per heavy atom. The van der Waals surface area contributed by atoms with Gasteiger partial charge in [-0.2, -0.15) is 4.31 Å². The van der Waals surface area contributed by atoms with Crippen LogP contribution in [-0.4, -0.2) is 30.8 Å². The van der Waals surface area contributed by atoms with Crippen molar-refractivity contribution >= 4 is 27.2 Å². The van der Waals surface area contributed by atoms with Gasteiger partial charge >= 0.3 is 0 Å². The van der Waals surface area contributed by atoms with E-state index >= 15 is 0 Å². The Balaban J connectivity index is 3.38. The van der Waals surface area contributed by atoms with Crippen LogP contribution in [0.1, 0.15) is 18.1 Å². The first-order chi connectivity index (χ1) is 8.70. The standard InChI is InChI=1S/C12H17FN2O2S2/c1-4-15(7-11(14)18)19(16,17)12-8(2)5-10(13)6-9(12)3/h5-6H,4,7H2,1-3H3,(H2,14,18). The van der Waals surface area contributed by atoms with Gasteiger partial charge in [0.25, 0.3) is 0 Å². The van der Waals surface area contributed by atoms with E-state index in [4.69, 9.17) is 18.0 Å². The van der Waals surface area contributed by atoms with E-state index in [0.29, 0.717) is 11.1 Å². The molecule has 0 heterocycles. The van der Waals surface area contributed by atoms with Crippen molar-refractivity contribution in [3.8, 4) is 0 Å². The Labute approximate surface area is 118 Å². The average Bonchev–Trinajstić information content (AvgIpc) is 2.23. The molecule has 0 saturated heterocycles. The Kier molecular flexibility index (Phi) is 5.00. The third kappa shape index (κ3) is 3.49. The van der Waals surface area contributed by atoms with Crippen LogP contribution in [0.15, 0.2) is 17.0 Å². The van der Waals surface area contributed by atoms with Gasteiger partial charge in [0.15, 0.2) is 0 Å². The molecule has 1 aromatic rings. The number of rotatable bonds is 5. The van der Waals surface area contributed by atoms with Crippen LogP contribution in [0.3, 0.4) is 0 Å². The molecule has 0 aromatic heterocycles. The van der Waals surface area contributed by atoms with E-state index < -0.39 is 15.8 Å². The number of halogens is 1. The van der Waals surface area contributed by atoms with Gasteiger partial charge < -0.3 is 5.73 Å². The van der Waals surface area contributed by atoms with Crippen molar-refractivity contribution in [1.29, 1.82) is 0 Å². The zero-order valence-electron chi connectivity index (χ0n) is 11.1. The molecule has 0 radical (unpaired) electrons. The molecule has 0 spiro atoms. The van der Waals surface area contributed by atoms with Crippen molar-refractivity contribution in [2.24, 2.45) is 5.73 Å². The van der Waals surface area contributed by atoms with Crippen molar-refractivity contribution in [2.75, 3.05) is 13.1 Å². The second-order valence-corrected chi connectivity index (χ2v) is 6.67. The van der Waals surface area contributed by atoms with Crippen molar-refractivity contribution in [1.82, 2.24) is 4.31 Å². The first kappa shape index (κ1) is 16.0. The van der Waals surface area contributed by atoms with Crippen LogP contribution in [0.2, 0.25) is 0 Å². The van der Waals surface area contributed by atoms with E-state index in [0.717, 1.165) is 0 Å². The highest BCUT2D eigenvalue weighted by Crippen LogP contribution is 2.24. The minimum atomic E-state index is -3.73. The quantitative estimate of drug-likeness (QED) is 0.842. The largest absolute Gasteiger partial charge is 0.392 e. The van der Waals surface area contributed by atoms with Gasteiger partial charge in [-0.05, 0) is 37.1 Å². The van der Waals surface area contributed by atoms with Crippen molar-refractivity contribution < 1.29 is 12.8 Å². The smallest absolute Gasteiger partial charge is 0.243 e. The number of nitrogens with two attached hydrogens (primary N) is 1. The highest BCUT2D eigenvalue weighted by atomic mass is 32.2. The fourth-order valence-corrected chi connectivity index (χ4v) is 4.05. The molecule has 4 nitrogen and oxygen atoms in total. The molecule has 0 amide bonds. The number of benzene rings is 1. The monoisotopic (exact) mass is 304 g/mol. The lowest BCUT2D eigenvalue weighted by atomic mass is 10.1. The Bertz CT molecular complexity index is 577. The van der Waals surface area contributed by atoms with Gasteiger partial charge in [-0.1, -0.05) is 19.1 Å². The SMILES string of the molecule is CCN(CC(N)=S)S(=O)(=O)c1c(C)cc(F)cc1C. The summed E-state index contributed by atoms with van der Waals surface area (Å²) >= 11 is 4.76. The molecule has 1 aromatic carbocycles. The summed E-state index contributed by atoms with van der Waals surface area (Å²) in [4.78, 5) is 0.217. The predicted molar refractivity (Wildman–Crippen MR) is 77.1 cm³/mol. The first-order valence-electron chi connectivity index (χ1n) is 5.75. The summed E-state index contributed by atoms with van der Waals surface area (Å²) < 4.78 is 39.5. The number of aryl methyl sites for hydroxylation is 2. The van der Waals surface area contributed by atoms with Crippen molar-refractivity contribution in [3.05, 3.63) is 29.1 Å². The molecule has 0 saturated carbocycles. The molecule has 0 unspecified atom stereocenters. The number of likely N-dealkylation sites (N-methyl/N-ethyl adjacent to an activating group) is 1. The average molecular weight is 304 g/mol. The number of hydrogen-bond acceptors (Lipinski definition) is 3. The van der Waals surface area contributed by atoms with E-state index in [1.54, 1.807) is 20.8 Å². The summed E-state index contributed by atoms with van der Waals surface area (Å²) in [5.41, 5.74) is 6.16. The van der Waals surface area contributed by atoms with Crippen LogP contribution in [-0.2, 0) is 10.0 Å². The summed E-state index contributed by atoms with van der Waals surface area (Å²) in [5.74, 6) is -0.452. The lowest BCUT2D eigenvalue weighted by Crippen LogP contribution is -2.38. The van der Waals surface area contributed by atoms with Gasteiger partial charge in [0.2, 0.25) is 10.0 Å². The summed E-state index contributed by atoms with van der Waals surface area (Å²) in [6, 6.07) is 2.41. The summed E-state index contributed by atoms with van der Waals surface area (Å²) in [6.45, 7) is 5.06. The maximum absolute atomic E-state index is 13.2. The van der Waals surface area contributed by atoms with Gasteiger partial charge in [-0.25, -0.2) is 12.8 Å². The molecule has 0 aliphatic heterocycles. The topological polar surface area (TPSA) is 63.4 Å². The molecule has 0 bridgehead atoms. The second kappa shape index (κ2) is 5.94. The Morgan fingerprint density at radius 3 is 2.21 bits per heavy atom. The van der Waals surface area contributed by atoms with Crippen molar-refractivity contribution in [3.63, 3.8) is 0 Å². The van der Waals surface area contributed by atoms with Crippen LogP contribution in [0, 0.1) is 19.7 Å². The van der Waals surface area contributed by atoms with Crippen LogP contribution in [0.25, 0.3) is 0 Å². The maximum Gasteiger partial charge on any atom is 0.243 e. The molecule has 2 N–H and O–H groups in total. The third-order valence-corrected chi connectivity index (χ3v) is 5.06. The highest BCUT2D eigenvalue weighted by Gasteiger charge is 2.27. The Hall–Kier alpha value is -1.05. The first-order valence-corrected chi connectivity index (χ1v) is 7.60. The fourth-order valence-electron chi connectivity index (χ4n) is 1.97. The van der Waals surface area contributed by atoms with Crippen LogP contribution < -0.4 is 5.73 Å². The zero-order chi connectivity index (χ0) is 14.8. The minimum absolute atomic E-state index is 0.0234. The number of hydrogen-bond donors (Lipinski definition) is 1. The summed E-state index contributed by atoms with van der Waals surface area (Å²) in [6.07, 6.45) is 0. The molecule has 0 atom stereocenters. The van der Waals surface area contributed by atoms with Crippen LogP contribution in [0.5, 0.6) is 0 Å². The lowest BCUT2D eigenvalue weighted by molar-refractivity contribution is 0.466.